The van der Waals surface area contributed by atoms with E-state index in [0.29, 0.717) is 0 Å². The van der Waals surface area contributed by atoms with Gasteiger partial charge in [-0.3, -0.25) is 15.1 Å². The van der Waals surface area contributed by atoms with E-state index in [4.69, 9.17) is 14.0 Å². The highest BCUT2D eigenvalue weighted by Gasteiger charge is 2.36. The van der Waals surface area contributed by atoms with Crippen molar-refractivity contribution in [2.45, 2.75) is 6.18 Å². The van der Waals surface area contributed by atoms with Gasteiger partial charge in [0.2, 0.25) is 5.75 Å². The Bertz CT molecular complexity index is 1030. The fraction of sp³-hybridized carbons (Fsp3) is 0.176. The molecule has 2 heterocycles. The standard InChI is InChI=1S/C17H12F3N3O5/c1-26-13-7-9(6-12(23(24)25)15(13)27-2)14-11(8-28-22-14)10-4-3-5-21-16(10)17(18,19)20/h3-8H,1-2H3. The molecule has 0 radical (unpaired) electrons. The highest BCUT2D eigenvalue weighted by atomic mass is 19.4. The van der Waals surface area contributed by atoms with Crippen LogP contribution in [0.1, 0.15) is 5.69 Å². The number of ether oxygens (including phenoxy) is 2. The molecule has 0 atom stereocenters. The first-order valence-electron chi connectivity index (χ1n) is 7.65. The maximum Gasteiger partial charge on any atom is 0.433 e. The van der Waals surface area contributed by atoms with Crippen molar-refractivity contribution in [3.05, 3.63) is 52.5 Å². The van der Waals surface area contributed by atoms with Gasteiger partial charge >= 0.3 is 11.9 Å². The smallest absolute Gasteiger partial charge is 0.433 e. The van der Waals surface area contributed by atoms with E-state index in [1.54, 1.807) is 0 Å². The molecule has 8 nitrogen and oxygen atoms in total. The summed E-state index contributed by atoms with van der Waals surface area (Å²) < 4.78 is 55.0. The van der Waals surface area contributed by atoms with E-state index < -0.39 is 22.5 Å². The second-order valence-corrected chi connectivity index (χ2v) is 5.46. The molecule has 1 aromatic carbocycles. The average Bonchev–Trinajstić information content (AvgIpc) is 3.15. The molecular weight excluding hydrogens is 383 g/mol. The highest BCUT2D eigenvalue weighted by Crippen LogP contribution is 2.44. The van der Waals surface area contributed by atoms with E-state index in [1.165, 1.54) is 32.4 Å². The summed E-state index contributed by atoms with van der Waals surface area (Å²) in [5, 5.41) is 15.1. The Morgan fingerprint density at radius 3 is 2.54 bits per heavy atom. The van der Waals surface area contributed by atoms with Gasteiger partial charge in [0.15, 0.2) is 11.4 Å². The molecule has 0 aliphatic carbocycles. The van der Waals surface area contributed by atoms with Crippen LogP contribution in [-0.4, -0.2) is 29.3 Å². The van der Waals surface area contributed by atoms with Crippen LogP contribution < -0.4 is 9.47 Å². The summed E-state index contributed by atoms with van der Waals surface area (Å²) in [4.78, 5) is 14.1. The van der Waals surface area contributed by atoms with Crippen LogP contribution in [0.25, 0.3) is 22.4 Å². The first-order chi connectivity index (χ1) is 13.3. The van der Waals surface area contributed by atoms with Gasteiger partial charge < -0.3 is 14.0 Å². The van der Waals surface area contributed by atoms with Crippen LogP contribution in [0.15, 0.2) is 41.2 Å². The van der Waals surface area contributed by atoms with Gasteiger partial charge in [0, 0.05) is 23.4 Å². The Morgan fingerprint density at radius 2 is 1.93 bits per heavy atom. The number of nitrogens with zero attached hydrogens (tertiary/aromatic N) is 3. The number of pyridine rings is 1. The Labute approximate surface area is 155 Å². The van der Waals surface area contributed by atoms with E-state index in [-0.39, 0.29) is 33.9 Å². The van der Waals surface area contributed by atoms with Crippen molar-refractivity contribution in [3.8, 4) is 33.9 Å². The van der Waals surface area contributed by atoms with Crippen LogP contribution >= 0.6 is 0 Å². The number of hydrogen-bond donors (Lipinski definition) is 0. The van der Waals surface area contributed by atoms with Crippen molar-refractivity contribution < 1.29 is 32.1 Å². The summed E-state index contributed by atoms with van der Waals surface area (Å²) in [6, 6.07) is 5.02. The van der Waals surface area contributed by atoms with Crippen molar-refractivity contribution in [2.24, 2.45) is 0 Å². The van der Waals surface area contributed by atoms with Gasteiger partial charge in [-0.15, -0.1) is 0 Å². The summed E-state index contributed by atoms with van der Waals surface area (Å²) in [5.41, 5.74) is -1.79. The van der Waals surface area contributed by atoms with Crippen LogP contribution in [0, 0.1) is 10.1 Å². The number of methoxy groups -OCH3 is 2. The lowest BCUT2D eigenvalue weighted by atomic mass is 9.99. The molecule has 0 aliphatic rings. The topological polar surface area (TPSA) is 101 Å². The fourth-order valence-corrected chi connectivity index (χ4v) is 2.70. The third-order valence-electron chi connectivity index (χ3n) is 3.87. The molecule has 0 bridgehead atoms. The van der Waals surface area contributed by atoms with Crippen molar-refractivity contribution in [2.75, 3.05) is 14.2 Å². The van der Waals surface area contributed by atoms with Gasteiger partial charge in [-0.2, -0.15) is 13.2 Å². The minimum Gasteiger partial charge on any atom is -0.493 e. The van der Waals surface area contributed by atoms with E-state index in [0.717, 1.165) is 18.5 Å². The number of benzene rings is 1. The number of hydrogen-bond acceptors (Lipinski definition) is 7. The summed E-state index contributed by atoms with van der Waals surface area (Å²) in [6.07, 6.45) is -2.68. The molecule has 146 valence electrons. The zero-order valence-electron chi connectivity index (χ0n) is 14.5. The molecule has 0 aliphatic heterocycles. The lowest BCUT2D eigenvalue weighted by Gasteiger charge is -2.12. The van der Waals surface area contributed by atoms with E-state index in [9.17, 15) is 23.3 Å². The largest absolute Gasteiger partial charge is 0.493 e. The third kappa shape index (κ3) is 3.33. The monoisotopic (exact) mass is 395 g/mol. The molecule has 11 heteroatoms. The number of halogens is 3. The lowest BCUT2D eigenvalue weighted by Crippen LogP contribution is -2.09. The van der Waals surface area contributed by atoms with Crippen molar-refractivity contribution in [3.63, 3.8) is 0 Å². The van der Waals surface area contributed by atoms with Crippen molar-refractivity contribution in [1.82, 2.24) is 10.1 Å². The van der Waals surface area contributed by atoms with Crippen LogP contribution in [0.4, 0.5) is 18.9 Å². The normalized spacial score (nSPS) is 11.3. The predicted molar refractivity (Wildman–Crippen MR) is 89.9 cm³/mol. The average molecular weight is 395 g/mol. The SMILES string of the molecule is COc1cc(-c2nocc2-c2cccnc2C(F)(F)F)cc([N+](=O)[O-])c1OC. The molecule has 0 saturated carbocycles. The van der Waals surface area contributed by atoms with Gasteiger partial charge in [0.1, 0.15) is 12.0 Å². The Kier molecular flexibility index (Phi) is 4.91. The van der Waals surface area contributed by atoms with Crippen LogP contribution in [0.3, 0.4) is 0 Å². The van der Waals surface area contributed by atoms with E-state index in [2.05, 4.69) is 10.1 Å². The first kappa shape index (κ1) is 19.1. The molecule has 2 aromatic heterocycles. The maximum atomic E-state index is 13.3. The summed E-state index contributed by atoms with van der Waals surface area (Å²) >= 11 is 0. The molecule has 3 aromatic rings. The molecule has 0 N–H and O–H groups in total. The fourth-order valence-electron chi connectivity index (χ4n) is 2.70. The predicted octanol–water partition coefficient (Wildman–Crippen LogP) is 4.35. The van der Waals surface area contributed by atoms with Crippen molar-refractivity contribution in [1.29, 1.82) is 0 Å². The lowest BCUT2D eigenvalue weighted by molar-refractivity contribution is -0.385. The Hall–Kier alpha value is -3.63. The van der Waals surface area contributed by atoms with Crippen LogP contribution in [0.2, 0.25) is 0 Å². The molecule has 0 saturated heterocycles. The van der Waals surface area contributed by atoms with Gasteiger partial charge in [0.05, 0.1) is 24.7 Å². The Morgan fingerprint density at radius 1 is 1.18 bits per heavy atom. The summed E-state index contributed by atoms with van der Waals surface area (Å²) in [5.74, 6) is -0.110. The van der Waals surface area contributed by atoms with Crippen LogP contribution in [0.5, 0.6) is 11.5 Å². The van der Waals surface area contributed by atoms with Gasteiger partial charge in [-0.1, -0.05) is 11.2 Å². The zero-order chi connectivity index (χ0) is 20.5. The molecule has 0 amide bonds. The van der Waals surface area contributed by atoms with E-state index >= 15 is 0 Å². The second kappa shape index (κ2) is 7.18. The maximum absolute atomic E-state index is 13.3. The minimum absolute atomic E-state index is 0.0166. The number of nitro benzene ring substituents is 1. The van der Waals surface area contributed by atoms with Crippen LogP contribution in [-0.2, 0) is 6.18 Å². The quantitative estimate of drug-likeness (QED) is 0.468. The number of aromatic nitrogens is 2. The molecule has 3 rings (SSSR count). The summed E-state index contributed by atoms with van der Waals surface area (Å²) in [7, 11) is 2.51. The third-order valence-corrected chi connectivity index (χ3v) is 3.87. The number of nitro groups is 1. The second-order valence-electron chi connectivity index (χ2n) is 5.46. The molecule has 28 heavy (non-hydrogen) atoms. The van der Waals surface area contributed by atoms with Gasteiger partial charge in [-0.05, 0) is 12.1 Å². The van der Waals surface area contributed by atoms with Gasteiger partial charge in [-0.25, -0.2) is 0 Å². The summed E-state index contributed by atoms with van der Waals surface area (Å²) in [6.45, 7) is 0. The highest BCUT2D eigenvalue weighted by molar-refractivity contribution is 5.83. The first-order valence-corrected chi connectivity index (χ1v) is 7.65. The zero-order valence-corrected chi connectivity index (χ0v) is 14.5. The molecule has 0 spiro atoms. The molecule has 0 fully saturated rings. The number of rotatable bonds is 5. The molecular formula is C17H12F3N3O5. The van der Waals surface area contributed by atoms with Crippen molar-refractivity contribution >= 4 is 5.69 Å². The number of alkyl halides is 3. The van der Waals surface area contributed by atoms with Gasteiger partial charge in [0.25, 0.3) is 0 Å². The Balaban J connectivity index is 2.24. The minimum atomic E-state index is -4.71. The molecule has 0 unspecified atom stereocenters. The van der Waals surface area contributed by atoms with E-state index in [1.807, 2.05) is 0 Å².